The van der Waals surface area contributed by atoms with Gasteiger partial charge in [-0.25, -0.2) is 0 Å². The minimum atomic E-state index is 0. The number of rotatable bonds is 5. The quantitative estimate of drug-likeness (QED) is 0.828. The van der Waals surface area contributed by atoms with E-state index in [-0.39, 0.29) is 12.4 Å². The maximum atomic E-state index is 5.78. The SMILES string of the molecule is CC(C)(C)CNCCOc1ccc(Cl)cc1.Cl. The van der Waals surface area contributed by atoms with Crippen LogP contribution in [0.5, 0.6) is 5.75 Å². The summed E-state index contributed by atoms with van der Waals surface area (Å²) < 4.78 is 5.55. The van der Waals surface area contributed by atoms with Gasteiger partial charge < -0.3 is 10.1 Å². The van der Waals surface area contributed by atoms with E-state index < -0.39 is 0 Å². The van der Waals surface area contributed by atoms with E-state index in [1.165, 1.54) is 0 Å². The molecular weight excluding hydrogens is 257 g/mol. The van der Waals surface area contributed by atoms with Gasteiger partial charge in [0.25, 0.3) is 0 Å². The molecule has 0 spiro atoms. The highest BCUT2D eigenvalue weighted by Crippen LogP contribution is 2.15. The van der Waals surface area contributed by atoms with Crippen LogP contribution in [-0.2, 0) is 0 Å². The van der Waals surface area contributed by atoms with E-state index in [1.807, 2.05) is 24.3 Å². The summed E-state index contributed by atoms with van der Waals surface area (Å²) >= 11 is 5.78. The first-order valence-electron chi connectivity index (χ1n) is 5.56. The molecule has 17 heavy (non-hydrogen) atoms. The Kier molecular flexibility index (Phi) is 7.60. The lowest BCUT2D eigenvalue weighted by molar-refractivity contribution is 0.297. The second-order valence-electron chi connectivity index (χ2n) is 5.04. The molecule has 0 radical (unpaired) electrons. The standard InChI is InChI=1S/C13H20ClNO.ClH/c1-13(2,3)10-15-8-9-16-12-6-4-11(14)5-7-12;/h4-7,15H,8-10H2,1-3H3;1H. The van der Waals surface area contributed by atoms with E-state index in [2.05, 4.69) is 26.1 Å². The van der Waals surface area contributed by atoms with Gasteiger partial charge in [0.15, 0.2) is 0 Å². The Morgan fingerprint density at radius 1 is 1.18 bits per heavy atom. The van der Waals surface area contributed by atoms with Crippen molar-refractivity contribution in [2.24, 2.45) is 5.41 Å². The van der Waals surface area contributed by atoms with E-state index in [1.54, 1.807) is 0 Å². The topological polar surface area (TPSA) is 21.3 Å². The maximum Gasteiger partial charge on any atom is 0.119 e. The maximum absolute atomic E-state index is 5.78. The number of ether oxygens (including phenoxy) is 1. The van der Waals surface area contributed by atoms with Crippen molar-refractivity contribution in [2.45, 2.75) is 20.8 Å². The Bertz CT molecular complexity index is 306. The second-order valence-corrected chi connectivity index (χ2v) is 5.48. The first kappa shape index (κ1) is 16.6. The molecule has 0 fully saturated rings. The third-order valence-electron chi connectivity index (χ3n) is 2.02. The number of benzene rings is 1. The largest absolute Gasteiger partial charge is 0.492 e. The number of nitrogens with one attached hydrogen (secondary N) is 1. The monoisotopic (exact) mass is 277 g/mol. The molecule has 2 nitrogen and oxygen atoms in total. The molecule has 0 unspecified atom stereocenters. The summed E-state index contributed by atoms with van der Waals surface area (Å²) in [7, 11) is 0. The van der Waals surface area contributed by atoms with Gasteiger partial charge in [0.1, 0.15) is 12.4 Å². The highest BCUT2D eigenvalue weighted by atomic mass is 35.5. The van der Waals surface area contributed by atoms with Crippen molar-refractivity contribution in [2.75, 3.05) is 19.7 Å². The smallest absolute Gasteiger partial charge is 0.119 e. The number of hydrogen-bond acceptors (Lipinski definition) is 2. The van der Waals surface area contributed by atoms with Gasteiger partial charge in [-0.2, -0.15) is 0 Å². The fourth-order valence-corrected chi connectivity index (χ4v) is 1.36. The first-order chi connectivity index (χ1) is 7.47. The molecule has 0 aliphatic carbocycles. The summed E-state index contributed by atoms with van der Waals surface area (Å²) in [5.74, 6) is 0.863. The van der Waals surface area contributed by atoms with Crippen LogP contribution >= 0.6 is 24.0 Å². The fraction of sp³-hybridized carbons (Fsp3) is 0.538. The van der Waals surface area contributed by atoms with Crippen LogP contribution in [0.3, 0.4) is 0 Å². The lowest BCUT2D eigenvalue weighted by Crippen LogP contribution is -2.30. The van der Waals surface area contributed by atoms with E-state index in [9.17, 15) is 0 Å². The van der Waals surface area contributed by atoms with Gasteiger partial charge in [0, 0.05) is 18.1 Å². The Hall–Kier alpha value is -0.440. The van der Waals surface area contributed by atoms with Gasteiger partial charge in [0.05, 0.1) is 0 Å². The highest BCUT2D eigenvalue weighted by Gasteiger charge is 2.08. The summed E-state index contributed by atoms with van der Waals surface area (Å²) in [4.78, 5) is 0. The number of hydrogen-bond donors (Lipinski definition) is 1. The minimum absolute atomic E-state index is 0. The Morgan fingerprint density at radius 2 is 1.76 bits per heavy atom. The minimum Gasteiger partial charge on any atom is -0.492 e. The molecular formula is C13H21Cl2NO. The lowest BCUT2D eigenvalue weighted by atomic mass is 9.97. The van der Waals surface area contributed by atoms with Crippen molar-refractivity contribution >= 4 is 24.0 Å². The van der Waals surface area contributed by atoms with Crippen LogP contribution in [0.4, 0.5) is 0 Å². The molecule has 1 N–H and O–H groups in total. The molecule has 1 rings (SSSR count). The molecule has 4 heteroatoms. The molecule has 1 aromatic carbocycles. The van der Waals surface area contributed by atoms with Gasteiger partial charge in [-0.15, -0.1) is 12.4 Å². The van der Waals surface area contributed by atoms with E-state index in [4.69, 9.17) is 16.3 Å². The molecule has 98 valence electrons. The third kappa shape index (κ3) is 8.31. The molecule has 0 heterocycles. The zero-order valence-electron chi connectivity index (χ0n) is 10.6. The molecule has 0 amide bonds. The molecule has 0 atom stereocenters. The molecule has 0 aromatic heterocycles. The molecule has 0 aliphatic heterocycles. The third-order valence-corrected chi connectivity index (χ3v) is 2.27. The van der Waals surface area contributed by atoms with Gasteiger partial charge >= 0.3 is 0 Å². The summed E-state index contributed by atoms with van der Waals surface area (Å²) in [6, 6.07) is 7.43. The molecule has 1 aromatic rings. The molecule has 0 saturated carbocycles. The molecule has 0 bridgehead atoms. The van der Waals surface area contributed by atoms with E-state index in [0.29, 0.717) is 12.0 Å². The van der Waals surface area contributed by atoms with Crippen molar-refractivity contribution in [3.63, 3.8) is 0 Å². The number of halogens is 2. The van der Waals surface area contributed by atoms with Gasteiger partial charge in [-0.3, -0.25) is 0 Å². The normalized spacial score (nSPS) is 10.8. The van der Waals surface area contributed by atoms with Crippen molar-refractivity contribution in [3.8, 4) is 5.75 Å². The van der Waals surface area contributed by atoms with E-state index >= 15 is 0 Å². The summed E-state index contributed by atoms with van der Waals surface area (Å²) in [6.45, 7) is 9.16. The zero-order chi connectivity index (χ0) is 12.0. The Balaban J connectivity index is 0.00000256. The van der Waals surface area contributed by atoms with Crippen molar-refractivity contribution in [1.82, 2.24) is 5.32 Å². The lowest BCUT2D eigenvalue weighted by Gasteiger charge is -2.18. The van der Waals surface area contributed by atoms with Crippen LogP contribution in [0.25, 0.3) is 0 Å². The Morgan fingerprint density at radius 3 is 2.29 bits per heavy atom. The van der Waals surface area contributed by atoms with Crippen LogP contribution in [0.1, 0.15) is 20.8 Å². The average Bonchev–Trinajstić information content (AvgIpc) is 2.19. The predicted octanol–water partition coefficient (Wildman–Crippen LogP) is 3.78. The zero-order valence-corrected chi connectivity index (χ0v) is 12.2. The fourth-order valence-electron chi connectivity index (χ4n) is 1.24. The van der Waals surface area contributed by atoms with Crippen LogP contribution in [0, 0.1) is 5.41 Å². The molecule has 0 aliphatic rings. The van der Waals surface area contributed by atoms with Crippen LogP contribution in [0.2, 0.25) is 5.02 Å². The van der Waals surface area contributed by atoms with Gasteiger partial charge in [-0.1, -0.05) is 32.4 Å². The van der Waals surface area contributed by atoms with Crippen LogP contribution in [0.15, 0.2) is 24.3 Å². The van der Waals surface area contributed by atoms with Crippen molar-refractivity contribution in [1.29, 1.82) is 0 Å². The predicted molar refractivity (Wildman–Crippen MR) is 76.5 cm³/mol. The second kappa shape index (κ2) is 7.80. The summed E-state index contributed by atoms with van der Waals surface area (Å²) in [5.41, 5.74) is 0.320. The van der Waals surface area contributed by atoms with E-state index in [0.717, 1.165) is 23.9 Å². The highest BCUT2D eigenvalue weighted by molar-refractivity contribution is 6.30. The van der Waals surface area contributed by atoms with Crippen molar-refractivity contribution in [3.05, 3.63) is 29.3 Å². The van der Waals surface area contributed by atoms with Gasteiger partial charge in [-0.05, 0) is 29.7 Å². The van der Waals surface area contributed by atoms with Crippen LogP contribution in [-0.4, -0.2) is 19.7 Å². The summed E-state index contributed by atoms with van der Waals surface area (Å²) in [6.07, 6.45) is 0. The Labute approximate surface area is 115 Å². The first-order valence-corrected chi connectivity index (χ1v) is 5.94. The van der Waals surface area contributed by atoms with Crippen LogP contribution < -0.4 is 10.1 Å². The molecule has 0 saturated heterocycles. The average molecular weight is 278 g/mol. The van der Waals surface area contributed by atoms with Gasteiger partial charge in [0.2, 0.25) is 0 Å². The van der Waals surface area contributed by atoms with Crippen molar-refractivity contribution < 1.29 is 4.74 Å². The summed E-state index contributed by atoms with van der Waals surface area (Å²) in [5, 5.41) is 4.09.